The monoisotopic (exact) mass is 456 g/mol. The second-order valence-electron chi connectivity index (χ2n) is 10.0. The number of amidine groups is 1. The van der Waals surface area contributed by atoms with Gasteiger partial charge in [-0.15, -0.1) is 6.42 Å². The summed E-state index contributed by atoms with van der Waals surface area (Å²) in [5.41, 5.74) is 15.2. The smallest absolute Gasteiger partial charge is 0.145 e. The molecule has 34 heavy (non-hydrogen) atoms. The van der Waals surface area contributed by atoms with Gasteiger partial charge in [0.25, 0.3) is 0 Å². The van der Waals surface area contributed by atoms with E-state index >= 15 is 0 Å². The molecule has 0 radical (unpaired) electrons. The van der Waals surface area contributed by atoms with Crippen molar-refractivity contribution in [2.24, 2.45) is 16.1 Å². The third-order valence-corrected chi connectivity index (χ3v) is 8.42. The maximum absolute atomic E-state index is 11.1. The summed E-state index contributed by atoms with van der Waals surface area (Å²) in [5.74, 6) is 3.95. The molecule has 4 atom stereocenters. The highest BCUT2D eigenvalue weighted by Crippen LogP contribution is 2.52. The number of fused-ring (bicyclic) bond motifs is 3. The van der Waals surface area contributed by atoms with Crippen molar-refractivity contribution in [3.63, 3.8) is 0 Å². The Morgan fingerprint density at radius 1 is 1.18 bits per heavy atom. The summed E-state index contributed by atoms with van der Waals surface area (Å²) in [7, 11) is 0. The van der Waals surface area contributed by atoms with E-state index < -0.39 is 23.7 Å². The molecular weight excluding hydrogens is 428 g/mol. The first-order chi connectivity index (χ1) is 16.4. The first kappa shape index (κ1) is 21.1. The molecule has 6 N–H and O–H groups in total. The standard InChI is InChI=1S/C26H28N6O2/c1-2-25(10-6-15-4-5-17-18(12-15)31-24(28)26(17)8-3-9-26)13-19(20(33)21(25)34)32-11-7-16-22(27)29-14-30-23(16)32/h1,4-5,7,11-12,14,19-21,33-34H,3,6,8-10,13H2,(H2,28,31)(H2,27,29,30)/t19-,20+,21+,25+/m1/s1. The second-order valence-corrected chi connectivity index (χ2v) is 10.0. The number of terminal acetylenes is 1. The highest BCUT2D eigenvalue weighted by Gasteiger charge is 2.52. The van der Waals surface area contributed by atoms with Crippen LogP contribution in [0.5, 0.6) is 0 Å². The fourth-order valence-corrected chi connectivity index (χ4v) is 6.17. The first-order valence-electron chi connectivity index (χ1n) is 11.8. The molecule has 1 spiro atoms. The Balaban J connectivity index is 1.26. The summed E-state index contributed by atoms with van der Waals surface area (Å²) in [4.78, 5) is 13.0. The molecule has 2 aromatic heterocycles. The molecule has 0 amide bonds. The summed E-state index contributed by atoms with van der Waals surface area (Å²) in [6.07, 6.45) is 12.1. The maximum atomic E-state index is 11.1. The first-order valence-corrected chi connectivity index (χ1v) is 11.8. The zero-order valence-corrected chi connectivity index (χ0v) is 18.9. The average Bonchev–Trinajstić information content (AvgIpc) is 3.44. The van der Waals surface area contributed by atoms with Crippen LogP contribution in [0.3, 0.4) is 0 Å². The van der Waals surface area contributed by atoms with Gasteiger partial charge in [-0.05, 0) is 55.4 Å². The van der Waals surface area contributed by atoms with Gasteiger partial charge in [-0.25, -0.2) is 15.0 Å². The fourth-order valence-electron chi connectivity index (χ4n) is 6.17. The lowest BCUT2D eigenvalue weighted by Gasteiger charge is -2.38. The van der Waals surface area contributed by atoms with E-state index in [9.17, 15) is 10.2 Å². The number of aliphatic hydroxyl groups is 2. The van der Waals surface area contributed by atoms with Crippen LogP contribution in [-0.4, -0.2) is 42.8 Å². The summed E-state index contributed by atoms with van der Waals surface area (Å²) in [5, 5.41) is 22.8. The minimum absolute atomic E-state index is 0.0562. The molecule has 174 valence electrons. The van der Waals surface area contributed by atoms with Gasteiger partial charge < -0.3 is 26.2 Å². The summed E-state index contributed by atoms with van der Waals surface area (Å²) in [6, 6.07) is 7.76. The molecule has 0 saturated heterocycles. The van der Waals surface area contributed by atoms with Crippen LogP contribution in [0.4, 0.5) is 11.5 Å². The molecule has 8 nitrogen and oxygen atoms in total. The Hall–Kier alpha value is -3.41. The van der Waals surface area contributed by atoms with Gasteiger partial charge in [-0.3, -0.25) is 0 Å². The zero-order chi connectivity index (χ0) is 23.7. The van der Waals surface area contributed by atoms with Gasteiger partial charge in [-0.1, -0.05) is 24.5 Å². The fraction of sp³-hybridized carbons (Fsp3) is 0.423. The Bertz CT molecular complexity index is 1370. The number of nitrogens with two attached hydrogens (primary N) is 2. The van der Waals surface area contributed by atoms with Crippen molar-refractivity contribution in [3.8, 4) is 12.3 Å². The third kappa shape index (κ3) is 2.77. The minimum atomic E-state index is -1.06. The molecule has 0 unspecified atom stereocenters. The quantitative estimate of drug-likeness (QED) is 0.445. The van der Waals surface area contributed by atoms with Crippen molar-refractivity contribution in [1.82, 2.24) is 14.5 Å². The Labute approximate surface area is 197 Å². The van der Waals surface area contributed by atoms with Crippen molar-refractivity contribution >= 4 is 28.4 Å². The normalized spacial score (nSPS) is 29.1. The number of benzene rings is 1. The van der Waals surface area contributed by atoms with Crippen molar-refractivity contribution in [1.29, 1.82) is 0 Å². The molecule has 2 saturated carbocycles. The largest absolute Gasteiger partial charge is 0.389 e. The van der Waals surface area contributed by atoms with Crippen LogP contribution in [0.25, 0.3) is 11.0 Å². The maximum Gasteiger partial charge on any atom is 0.145 e. The van der Waals surface area contributed by atoms with Gasteiger partial charge in [0.05, 0.1) is 34.0 Å². The van der Waals surface area contributed by atoms with E-state index in [-0.39, 0.29) is 5.41 Å². The Morgan fingerprint density at radius 2 is 2.00 bits per heavy atom. The number of hydrogen-bond acceptors (Lipinski definition) is 7. The van der Waals surface area contributed by atoms with E-state index in [2.05, 4.69) is 39.1 Å². The summed E-state index contributed by atoms with van der Waals surface area (Å²) < 4.78 is 1.85. The third-order valence-electron chi connectivity index (χ3n) is 8.42. The highest BCUT2D eigenvalue weighted by molar-refractivity contribution is 6.00. The van der Waals surface area contributed by atoms with E-state index in [0.29, 0.717) is 36.1 Å². The van der Waals surface area contributed by atoms with Crippen LogP contribution in [0, 0.1) is 17.8 Å². The Morgan fingerprint density at radius 3 is 2.74 bits per heavy atom. The number of aromatic nitrogens is 3. The number of hydrogen-bond donors (Lipinski definition) is 4. The van der Waals surface area contributed by atoms with Crippen LogP contribution in [-0.2, 0) is 11.8 Å². The zero-order valence-electron chi connectivity index (χ0n) is 18.9. The van der Waals surface area contributed by atoms with Crippen LogP contribution in [0.15, 0.2) is 41.8 Å². The molecule has 2 fully saturated rings. The predicted molar refractivity (Wildman–Crippen MR) is 130 cm³/mol. The van der Waals surface area contributed by atoms with Crippen molar-refractivity contribution in [3.05, 3.63) is 47.9 Å². The SMILES string of the molecule is C#C[C@]1(CCc2ccc3c(c2)N=C(N)C32CCC2)C[C@@H](n2ccc3c(N)ncnc32)[C@H](O)[C@@H]1O. The van der Waals surface area contributed by atoms with E-state index in [1.807, 2.05) is 16.8 Å². The molecule has 8 heteroatoms. The van der Waals surface area contributed by atoms with Crippen LogP contribution in [0.1, 0.15) is 49.3 Å². The summed E-state index contributed by atoms with van der Waals surface area (Å²) >= 11 is 0. The molecule has 3 aliphatic rings. The van der Waals surface area contributed by atoms with Crippen LogP contribution >= 0.6 is 0 Å². The molecule has 1 aromatic carbocycles. The molecular formula is C26H28N6O2. The van der Waals surface area contributed by atoms with E-state index in [4.69, 9.17) is 17.9 Å². The number of anilines is 1. The van der Waals surface area contributed by atoms with Gasteiger partial charge in [0.2, 0.25) is 0 Å². The number of aliphatic hydroxyl groups excluding tert-OH is 2. The molecule has 2 aliphatic carbocycles. The van der Waals surface area contributed by atoms with Crippen molar-refractivity contribution in [2.75, 3.05) is 5.73 Å². The van der Waals surface area contributed by atoms with Gasteiger partial charge in [0.15, 0.2) is 0 Å². The molecule has 1 aliphatic heterocycles. The number of rotatable bonds is 4. The van der Waals surface area contributed by atoms with Crippen LogP contribution in [0.2, 0.25) is 0 Å². The molecule has 6 rings (SSSR count). The molecule has 3 aromatic rings. The van der Waals surface area contributed by atoms with Crippen LogP contribution < -0.4 is 11.5 Å². The lowest BCUT2D eigenvalue weighted by molar-refractivity contribution is -0.0115. The average molecular weight is 457 g/mol. The van der Waals surface area contributed by atoms with E-state index in [1.165, 1.54) is 18.3 Å². The van der Waals surface area contributed by atoms with E-state index in [1.54, 1.807) is 0 Å². The lowest BCUT2D eigenvalue weighted by Crippen LogP contribution is -2.44. The number of nitrogens with zero attached hydrogens (tertiary/aromatic N) is 4. The number of nitrogen functional groups attached to an aromatic ring is 1. The topological polar surface area (TPSA) is 136 Å². The minimum Gasteiger partial charge on any atom is -0.389 e. The highest BCUT2D eigenvalue weighted by atomic mass is 16.3. The number of aliphatic imine (C=N–C) groups is 1. The lowest BCUT2D eigenvalue weighted by atomic mass is 9.64. The van der Waals surface area contributed by atoms with E-state index in [0.717, 1.165) is 29.9 Å². The summed E-state index contributed by atoms with van der Waals surface area (Å²) in [6.45, 7) is 0. The van der Waals surface area contributed by atoms with Gasteiger partial charge >= 0.3 is 0 Å². The molecule has 3 heterocycles. The van der Waals surface area contributed by atoms with Gasteiger partial charge in [0, 0.05) is 6.20 Å². The van der Waals surface area contributed by atoms with Crippen molar-refractivity contribution in [2.45, 2.75) is 62.2 Å². The molecule has 0 bridgehead atoms. The van der Waals surface area contributed by atoms with Gasteiger partial charge in [0.1, 0.15) is 29.7 Å². The Kier molecular flexibility index (Phi) is 4.54. The predicted octanol–water partition coefficient (Wildman–Crippen LogP) is 2.36. The van der Waals surface area contributed by atoms with Crippen molar-refractivity contribution < 1.29 is 10.2 Å². The number of aryl methyl sites for hydroxylation is 1. The second kappa shape index (κ2) is 7.29. The van der Waals surface area contributed by atoms with Gasteiger partial charge in [-0.2, -0.15) is 0 Å².